The number of nitrogens with zero attached hydrogens (tertiary/aromatic N) is 3. The number of aromatic nitrogens is 1. The summed E-state index contributed by atoms with van der Waals surface area (Å²) in [7, 11) is 0. The molecule has 2 heterocycles. The Hall–Kier alpha value is -1.98. The van der Waals surface area contributed by atoms with Crippen LogP contribution in [0.4, 0.5) is 16.3 Å². The van der Waals surface area contributed by atoms with Gasteiger partial charge in [-0.3, -0.25) is 0 Å². The summed E-state index contributed by atoms with van der Waals surface area (Å²) in [4.78, 5) is 18.1. The Labute approximate surface area is 93.3 Å². The number of piperazine rings is 1. The topological polar surface area (TPSA) is 85.5 Å². The molecule has 1 aliphatic rings. The van der Waals surface area contributed by atoms with Crippen LogP contribution in [0.5, 0.6) is 0 Å². The van der Waals surface area contributed by atoms with Crippen LogP contribution in [-0.2, 0) is 0 Å². The van der Waals surface area contributed by atoms with Crippen LogP contribution in [0.3, 0.4) is 0 Å². The van der Waals surface area contributed by atoms with Crippen LogP contribution in [0.15, 0.2) is 18.3 Å². The summed E-state index contributed by atoms with van der Waals surface area (Å²) in [5.41, 5.74) is 6.32. The lowest BCUT2D eigenvalue weighted by Crippen LogP contribution is -2.52. The maximum atomic E-state index is 10.6. The molecular formula is C10H13N4O2-. The van der Waals surface area contributed by atoms with E-state index < -0.39 is 6.09 Å². The van der Waals surface area contributed by atoms with Crippen LogP contribution in [0, 0.1) is 0 Å². The average Bonchev–Trinajstić information content (AvgIpc) is 2.29. The molecule has 16 heavy (non-hydrogen) atoms. The van der Waals surface area contributed by atoms with Crippen molar-refractivity contribution in [3.63, 3.8) is 0 Å². The van der Waals surface area contributed by atoms with Crippen molar-refractivity contribution in [1.29, 1.82) is 0 Å². The third-order valence-electron chi connectivity index (χ3n) is 2.63. The molecule has 0 bridgehead atoms. The van der Waals surface area contributed by atoms with Gasteiger partial charge in [-0.2, -0.15) is 0 Å². The highest BCUT2D eigenvalue weighted by Crippen LogP contribution is 2.15. The summed E-state index contributed by atoms with van der Waals surface area (Å²) >= 11 is 0. The van der Waals surface area contributed by atoms with E-state index in [2.05, 4.69) is 4.98 Å². The van der Waals surface area contributed by atoms with Crippen LogP contribution in [0.2, 0.25) is 0 Å². The monoisotopic (exact) mass is 221 g/mol. The molecular weight excluding hydrogens is 208 g/mol. The minimum Gasteiger partial charge on any atom is -0.530 e. The lowest BCUT2D eigenvalue weighted by atomic mass is 10.3. The molecule has 1 aromatic rings. The zero-order valence-corrected chi connectivity index (χ0v) is 8.80. The van der Waals surface area contributed by atoms with Gasteiger partial charge in [0.15, 0.2) is 0 Å². The maximum absolute atomic E-state index is 10.6. The number of anilines is 2. The summed E-state index contributed by atoms with van der Waals surface area (Å²) in [5.74, 6) is 0.790. The van der Waals surface area contributed by atoms with Crippen molar-refractivity contribution in [1.82, 2.24) is 9.88 Å². The maximum Gasteiger partial charge on any atom is 0.137 e. The second-order valence-corrected chi connectivity index (χ2v) is 3.69. The predicted octanol–water partition coefficient (Wildman–Crippen LogP) is -0.871. The average molecular weight is 221 g/mol. The van der Waals surface area contributed by atoms with E-state index >= 15 is 0 Å². The van der Waals surface area contributed by atoms with Gasteiger partial charge in [-0.25, -0.2) is 4.98 Å². The Balaban J connectivity index is 2.01. The molecule has 0 atom stereocenters. The Morgan fingerprint density at radius 3 is 2.62 bits per heavy atom. The number of carboxylic acid groups (broad SMARTS) is 1. The fourth-order valence-electron chi connectivity index (χ4n) is 1.73. The Morgan fingerprint density at radius 1 is 1.38 bits per heavy atom. The van der Waals surface area contributed by atoms with Crippen molar-refractivity contribution in [3.8, 4) is 0 Å². The van der Waals surface area contributed by atoms with E-state index in [1.807, 2.05) is 4.90 Å². The van der Waals surface area contributed by atoms with Crippen LogP contribution in [-0.4, -0.2) is 42.2 Å². The van der Waals surface area contributed by atoms with Crippen molar-refractivity contribution in [2.75, 3.05) is 36.8 Å². The summed E-state index contributed by atoms with van der Waals surface area (Å²) < 4.78 is 0. The highest BCUT2D eigenvalue weighted by atomic mass is 16.4. The van der Waals surface area contributed by atoms with Gasteiger partial charge >= 0.3 is 0 Å². The van der Waals surface area contributed by atoms with Gasteiger partial charge in [0.2, 0.25) is 0 Å². The SMILES string of the molecule is Nc1ccnc(N2CCN(C(=O)[O-])CC2)c1. The Kier molecular flexibility index (Phi) is 2.80. The lowest BCUT2D eigenvalue weighted by Gasteiger charge is -2.36. The number of amides is 1. The zero-order valence-electron chi connectivity index (χ0n) is 8.80. The molecule has 0 aliphatic carbocycles. The van der Waals surface area contributed by atoms with Gasteiger partial charge < -0.3 is 25.4 Å². The Morgan fingerprint density at radius 2 is 2.06 bits per heavy atom. The van der Waals surface area contributed by atoms with Crippen LogP contribution < -0.4 is 15.7 Å². The summed E-state index contributed by atoms with van der Waals surface area (Å²) in [6.07, 6.45) is 0.538. The second-order valence-electron chi connectivity index (χ2n) is 3.69. The Bertz CT molecular complexity index is 388. The van der Waals surface area contributed by atoms with Crippen molar-refractivity contribution in [2.45, 2.75) is 0 Å². The fraction of sp³-hybridized carbons (Fsp3) is 0.400. The molecule has 0 aromatic carbocycles. The fourth-order valence-corrected chi connectivity index (χ4v) is 1.73. The van der Waals surface area contributed by atoms with Gasteiger partial charge in [0.1, 0.15) is 11.9 Å². The van der Waals surface area contributed by atoms with Gasteiger partial charge in [-0.15, -0.1) is 0 Å². The molecule has 2 N–H and O–H groups in total. The molecule has 86 valence electrons. The number of carbonyl (C=O) groups is 1. The molecule has 6 heteroatoms. The number of pyridine rings is 1. The minimum absolute atomic E-state index is 0.443. The van der Waals surface area contributed by atoms with Crippen LogP contribution >= 0.6 is 0 Å². The number of hydrogen-bond donors (Lipinski definition) is 1. The van der Waals surface area contributed by atoms with E-state index in [1.54, 1.807) is 18.3 Å². The highest BCUT2D eigenvalue weighted by Gasteiger charge is 2.17. The van der Waals surface area contributed by atoms with E-state index in [0.717, 1.165) is 5.82 Å². The molecule has 0 radical (unpaired) electrons. The van der Waals surface area contributed by atoms with E-state index in [9.17, 15) is 9.90 Å². The molecule has 1 aromatic heterocycles. The first-order valence-electron chi connectivity index (χ1n) is 5.09. The van der Waals surface area contributed by atoms with E-state index in [1.165, 1.54) is 4.90 Å². The standard InChI is InChI=1S/C10H14N4O2/c11-8-1-2-12-9(7-8)13-3-5-14(6-4-13)10(15)16/h1-2,7H,3-6H2,(H2,11,12)(H,15,16)/p-1. The molecule has 0 spiro atoms. The number of carbonyl (C=O) groups excluding carboxylic acids is 1. The molecule has 6 nitrogen and oxygen atoms in total. The molecule has 1 amide bonds. The number of rotatable bonds is 1. The molecule has 1 saturated heterocycles. The highest BCUT2D eigenvalue weighted by molar-refractivity contribution is 5.63. The summed E-state index contributed by atoms with van der Waals surface area (Å²) in [6.45, 7) is 2.12. The largest absolute Gasteiger partial charge is 0.530 e. The van der Waals surface area contributed by atoms with E-state index in [4.69, 9.17) is 5.73 Å². The first-order chi connectivity index (χ1) is 7.66. The van der Waals surface area contributed by atoms with E-state index in [-0.39, 0.29) is 0 Å². The van der Waals surface area contributed by atoms with Crippen molar-refractivity contribution < 1.29 is 9.90 Å². The lowest BCUT2D eigenvalue weighted by molar-refractivity contribution is -0.265. The second kappa shape index (κ2) is 4.26. The van der Waals surface area contributed by atoms with Crippen molar-refractivity contribution in [2.24, 2.45) is 0 Å². The third kappa shape index (κ3) is 2.16. The van der Waals surface area contributed by atoms with Gasteiger partial charge in [-0.1, -0.05) is 0 Å². The van der Waals surface area contributed by atoms with Crippen LogP contribution in [0.25, 0.3) is 0 Å². The van der Waals surface area contributed by atoms with Gasteiger partial charge in [-0.05, 0) is 6.07 Å². The summed E-state index contributed by atoms with van der Waals surface area (Å²) in [5, 5.41) is 10.6. The normalized spacial score (nSPS) is 16.2. The molecule has 1 aliphatic heterocycles. The third-order valence-corrected chi connectivity index (χ3v) is 2.63. The first kappa shape index (κ1) is 10.5. The number of nitrogen functional groups attached to an aromatic ring is 1. The van der Waals surface area contributed by atoms with Crippen molar-refractivity contribution in [3.05, 3.63) is 18.3 Å². The van der Waals surface area contributed by atoms with Gasteiger partial charge in [0.05, 0.1) is 0 Å². The van der Waals surface area contributed by atoms with Crippen LogP contribution in [0.1, 0.15) is 0 Å². The van der Waals surface area contributed by atoms with Gasteiger partial charge in [0.25, 0.3) is 0 Å². The van der Waals surface area contributed by atoms with E-state index in [0.29, 0.717) is 31.9 Å². The number of hydrogen-bond acceptors (Lipinski definition) is 5. The quantitative estimate of drug-likeness (QED) is 0.666. The number of nitrogens with two attached hydrogens (primary N) is 1. The molecule has 2 rings (SSSR count). The zero-order chi connectivity index (χ0) is 11.5. The first-order valence-corrected chi connectivity index (χ1v) is 5.09. The molecule has 1 fully saturated rings. The minimum atomic E-state index is -1.11. The predicted molar refractivity (Wildman–Crippen MR) is 57.8 cm³/mol. The molecule has 0 saturated carbocycles. The molecule has 0 unspecified atom stereocenters. The smallest absolute Gasteiger partial charge is 0.137 e. The summed E-state index contributed by atoms with van der Waals surface area (Å²) in [6, 6.07) is 3.51. The van der Waals surface area contributed by atoms with Gasteiger partial charge in [0, 0.05) is 44.1 Å². The van der Waals surface area contributed by atoms with Crippen molar-refractivity contribution >= 4 is 17.6 Å².